The van der Waals surface area contributed by atoms with Crippen LogP contribution in [0.1, 0.15) is 41.1 Å². The zero-order valence-corrected chi connectivity index (χ0v) is 20.8. The van der Waals surface area contributed by atoms with E-state index in [1.165, 1.54) is 22.3 Å². The summed E-state index contributed by atoms with van der Waals surface area (Å²) in [6.07, 6.45) is 5.81. The number of morpholine rings is 1. The Hall–Kier alpha value is -2.65. The molecule has 36 heavy (non-hydrogen) atoms. The van der Waals surface area contributed by atoms with Crippen LogP contribution in [0, 0.1) is 6.92 Å². The number of carbonyl (C=O) groups is 1. The topological polar surface area (TPSA) is 73.5 Å². The Bertz CT molecular complexity index is 1250. The predicted octanol–water partition coefficient (Wildman–Crippen LogP) is 3.52. The summed E-state index contributed by atoms with van der Waals surface area (Å²) in [4.78, 5) is 24.5. The molecule has 2 unspecified atom stereocenters. The molecule has 1 aromatic carbocycles. The molecule has 0 amide bonds. The van der Waals surface area contributed by atoms with Crippen molar-refractivity contribution in [3.63, 3.8) is 0 Å². The predicted molar refractivity (Wildman–Crippen MR) is 137 cm³/mol. The van der Waals surface area contributed by atoms with Crippen molar-refractivity contribution in [3.8, 4) is 11.1 Å². The van der Waals surface area contributed by atoms with E-state index in [9.17, 15) is 9.18 Å². The van der Waals surface area contributed by atoms with Crippen molar-refractivity contribution < 1.29 is 13.9 Å². The number of ether oxygens (including phenoxy) is 1. The highest BCUT2D eigenvalue weighted by molar-refractivity contribution is 5.84. The average Bonchev–Trinajstić information content (AvgIpc) is 3.30. The second-order valence-corrected chi connectivity index (χ2v) is 10.4. The van der Waals surface area contributed by atoms with Gasteiger partial charge in [0.15, 0.2) is 6.29 Å². The summed E-state index contributed by atoms with van der Waals surface area (Å²) in [5.41, 5.74) is 8.21. The molecule has 3 aromatic rings. The number of halogens is 1. The number of alkyl halides is 1. The van der Waals surface area contributed by atoms with E-state index >= 15 is 0 Å². The Morgan fingerprint density at radius 1 is 1.17 bits per heavy atom. The number of H-pyrrole nitrogens is 1. The van der Waals surface area contributed by atoms with Crippen molar-refractivity contribution >= 4 is 17.3 Å². The van der Waals surface area contributed by atoms with Gasteiger partial charge in [-0.3, -0.25) is 9.80 Å². The van der Waals surface area contributed by atoms with Gasteiger partial charge in [0, 0.05) is 56.1 Å². The molecule has 2 N–H and O–H groups in total. The summed E-state index contributed by atoms with van der Waals surface area (Å²) in [5.74, 6) is 0. The summed E-state index contributed by atoms with van der Waals surface area (Å²) in [7, 11) is 0. The molecule has 0 saturated carbocycles. The van der Waals surface area contributed by atoms with Gasteiger partial charge in [0.25, 0.3) is 0 Å². The Balaban J connectivity index is 1.36. The fourth-order valence-corrected chi connectivity index (χ4v) is 6.02. The Kier molecular flexibility index (Phi) is 6.60. The molecular weight excluding hydrogens is 457 g/mol. The Morgan fingerprint density at radius 2 is 2.03 bits per heavy atom. The van der Waals surface area contributed by atoms with Crippen LogP contribution in [0.3, 0.4) is 0 Å². The monoisotopic (exact) mass is 491 g/mol. The molecule has 0 radical (unpaired) electrons. The van der Waals surface area contributed by atoms with Crippen LogP contribution in [0.15, 0.2) is 30.6 Å². The van der Waals surface area contributed by atoms with Crippen molar-refractivity contribution in [2.45, 2.75) is 51.1 Å². The van der Waals surface area contributed by atoms with Crippen molar-refractivity contribution in [2.24, 2.45) is 0 Å². The molecule has 0 spiro atoms. The molecule has 7 nitrogen and oxygen atoms in total. The molecule has 0 aliphatic carbocycles. The molecule has 3 aliphatic rings. The van der Waals surface area contributed by atoms with E-state index in [1.54, 1.807) is 0 Å². The first-order chi connectivity index (χ1) is 17.6. The molecule has 3 aliphatic heterocycles. The van der Waals surface area contributed by atoms with Gasteiger partial charge in [0.05, 0.1) is 19.3 Å². The van der Waals surface area contributed by atoms with Gasteiger partial charge in [-0.2, -0.15) is 0 Å². The lowest BCUT2D eigenvalue weighted by atomic mass is 9.87. The number of aromatic amines is 1. The van der Waals surface area contributed by atoms with Crippen LogP contribution in [-0.4, -0.2) is 77.8 Å². The molecule has 8 heteroatoms. The Labute approximate surface area is 211 Å². The SMILES string of the molecule is Cc1c[nH]c2ncc(-c3cc4c(c(C5COCCN5)c3)CN(C(C=O)N3CCC(F)CC3)CC4)cc12. The van der Waals surface area contributed by atoms with Gasteiger partial charge in [0.2, 0.25) is 0 Å². The molecule has 2 saturated heterocycles. The lowest BCUT2D eigenvalue weighted by Gasteiger charge is -2.42. The number of hydrogen-bond acceptors (Lipinski definition) is 6. The van der Waals surface area contributed by atoms with E-state index in [0.29, 0.717) is 39.1 Å². The summed E-state index contributed by atoms with van der Waals surface area (Å²) in [6, 6.07) is 6.91. The van der Waals surface area contributed by atoms with E-state index in [-0.39, 0.29) is 12.2 Å². The van der Waals surface area contributed by atoms with Crippen LogP contribution < -0.4 is 5.32 Å². The van der Waals surface area contributed by atoms with Crippen LogP contribution in [0.4, 0.5) is 4.39 Å². The molecule has 190 valence electrons. The second-order valence-electron chi connectivity index (χ2n) is 10.4. The molecule has 5 heterocycles. The number of piperidine rings is 1. The van der Waals surface area contributed by atoms with Crippen LogP contribution in [0.25, 0.3) is 22.2 Å². The first-order valence-electron chi connectivity index (χ1n) is 13.1. The maximum absolute atomic E-state index is 13.7. The van der Waals surface area contributed by atoms with Crippen molar-refractivity contribution in [2.75, 3.05) is 39.4 Å². The van der Waals surface area contributed by atoms with Crippen LogP contribution in [0.2, 0.25) is 0 Å². The minimum absolute atomic E-state index is 0.107. The van der Waals surface area contributed by atoms with Crippen LogP contribution in [0.5, 0.6) is 0 Å². The number of carbonyl (C=O) groups excluding carboxylic acids is 1. The molecule has 0 bridgehead atoms. The first-order valence-corrected chi connectivity index (χ1v) is 13.1. The number of hydrogen-bond donors (Lipinski definition) is 2. The minimum atomic E-state index is -0.748. The van der Waals surface area contributed by atoms with E-state index < -0.39 is 6.17 Å². The second kappa shape index (κ2) is 10.0. The van der Waals surface area contributed by atoms with Gasteiger partial charge >= 0.3 is 0 Å². The summed E-state index contributed by atoms with van der Waals surface area (Å²) >= 11 is 0. The first kappa shape index (κ1) is 23.7. The highest BCUT2D eigenvalue weighted by atomic mass is 19.1. The molecule has 2 atom stereocenters. The molecule has 2 aromatic heterocycles. The van der Waals surface area contributed by atoms with E-state index in [4.69, 9.17) is 4.74 Å². The molecule has 2 fully saturated rings. The Morgan fingerprint density at radius 3 is 2.81 bits per heavy atom. The minimum Gasteiger partial charge on any atom is -0.378 e. The number of rotatable bonds is 5. The quantitative estimate of drug-likeness (QED) is 0.532. The molecular formula is C28H34FN5O2. The highest BCUT2D eigenvalue weighted by Gasteiger charge is 2.33. The number of nitrogens with one attached hydrogen (secondary N) is 2. The van der Waals surface area contributed by atoms with E-state index in [0.717, 1.165) is 54.6 Å². The smallest absolute Gasteiger partial charge is 0.151 e. The summed E-state index contributed by atoms with van der Waals surface area (Å²) < 4.78 is 19.6. The van der Waals surface area contributed by atoms with Crippen molar-refractivity contribution in [3.05, 3.63) is 52.8 Å². The van der Waals surface area contributed by atoms with Crippen molar-refractivity contribution in [1.82, 2.24) is 25.1 Å². The van der Waals surface area contributed by atoms with Gasteiger partial charge in [-0.05, 0) is 66.1 Å². The number of aldehydes is 1. The number of aryl methyl sites for hydroxylation is 1. The van der Waals surface area contributed by atoms with Gasteiger partial charge in [-0.15, -0.1) is 0 Å². The fraction of sp³-hybridized carbons (Fsp3) is 0.500. The average molecular weight is 492 g/mol. The lowest BCUT2D eigenvalue weighted by molar-refractivity contribution is -0.121. The zero-order chi connectivity index (χ0) is 24.6. The maximum atomic E-state index is 13.7. The number of fused-ring (bicyclic) bond motifs is 2. The highest BCUT2D eigenvalue weighted by Crippen LogP contribution is 2.35. The standard InChI is InChI=1S/C28H34FN5O2/c1-18-13-31-28-23(18)12-21(14-32-28)20-10-19-2-6-34(27(16-35)33-7-3-22(29)4-8-33)15-25(19)24(11-20)26-17-36-9-5-30-26/h10-14,16,22,26-27,30H,2-9,15,17H2,1H3,(H,31,32). The third kappa shape index (κ3) is 4.47. The maximum Gasteiger partial charge on any atom is 0.151 e. The third-order valence-corrected chi connectivity index (χ3v) is 8.10. The van der Waals surface area contributed by atoms with Gasteiger partial charge in [-0.25, -0.2) is 9.37 Å². The normalized spacial score (nSPS) is 23.0. The van der Waals surface area contributed by atoms with Gasteiger partial charge in [-0.1, -0.05) is 6.07 Å². The van der Waals surface area contributed by atoms with E-state index in [1.807, 2.05) is 12.4 Å². The summed E-state index contributed by atoms with van der Waals surface area (Å²) in [5, 5.41) is 4.78. The van der Waals surface area contributed by atoms with Crippen LogP contribution >= 0.6 is 0 Å². The number of likely N-dealkylation sites (tertiary alicyclic amines) is 1. The number of pyridine rings is 1. The number of nitrogens with zero attached hydrogens (tertiary/aromatic N) is 3. The van der Waals surface area contributed by atoms with Crippen LogP contribution in [-0.2, 0) is 22.5 Å². The lowest BCUT2D eigenvalue weighted by Crippen LogP contribution is -2.53. The van der Waals surface area contributed by atoms with Gasteiger partial charge in [0.1, 0.15) is 18.0 Å². The van der Waals surface area contributed by atoms with E-state index in [2.05, 4.69) is 50.2 Å². The largest absolute Gasteiger partial charge is 0.378 e. The molecule has 6 rings (SSSR count). The summed E-state index contributed by atoms with van der Waals surface area (Å²) in [6.45, 7) is 7.03. The van der Waals surface area contributed by atoms with Crippen molar-refractivity contribution in [1.29, 1.82) is 0 Å². The number of benzene rings is 1. The van der Waals surface area contributed by atoms with Gasteiger partial charge < -0.3 is 19.8 Å². The number of aromatic nitrogens is 2. The zero-order valence-electron chi connectivity index (χ0n) is 20.8. The third-order valence-electron chi connectivity index (χ3n) is 8.10. The fourth-order valence-electron chi connectivity index (χ4n) is 6.02.